The van der Waals surface area contributed by atoms with E-state index in [1.807, 2.05) is 0 Å². The van der Waals surface area contributed by atoms with Crippen molar-refractivity contribution >= 4 is 10.1 Å². The second kappa shape index (κ2) is 20.8. The van der Waals surface area contributed by atoms with Crippen LogP contribution in [0.2, 0.25) is 0 Å². The molecule has 0 aliphatic heterocycles. The van der Waals surface area contributed by atoms with E-state index in [2.05, 4.69) is 13.8 Å². The number of aliphatic hydroxyl groups excluding tert-OH is 1. The van der Waals surface area contributed by atoms with Crippen LogP contribution in [0.15, 0.2) is 0 Å². The van der Waals surface area contributed by atoms with Crippen LogP contribution in [-0.2, 0) is 10.1 Å². The Hall–Kier alpha value is 1.51. The quantitative estimate of drug-likeness (QED) is 0.194. The molecule has 0 aromatic heterocycles. The molecular weight excluding hydrogens is 387 g/mol. The molecule has 0 amide bonds. The van der Waals surface area contributed by atoms with Crippen LogP contribution in [0.4, 0.5) is 0 Å². The van der Waals surface area contributed by atoms with Gasteiger partial charge in [-0.1, -0.05) is 90.9 Å². The SMILES string of the molecule is CCCCCCCCC(O)CCCC(CCCCCCCC)S(=O)(=O)[O-].[K+]. The zero-order valence-electron chi connectivity index (χ0n) is 18.3. The molecule has 0 rings (SSSR count). The van der Waals surface area contributed by atoms with Crippen LogP contribution in [0.25, 0.3) is 0 Å². The van der Waals surface area contributed by atoms with Gasteiger partial charge in [-0.3, -0.25) is 0 Å². The van der Waals surface area contributed by atoms with Gasteiger partial charge in [0.1, 0.15) is 0 Å². The Kier molecular flexibility index (Phi) is 23.6. The van der Waals surface area contributed by atoms with Gasteiger partial charge in [-0.15, -0.1) is 0 Å². The van der Waals surface area contributed by atoms with Gasteiger partial charge in [0.25, 0.3) is 0 Å². The van der Waals surface area contributed by atoms with Crippen molar-refractivity contribution in [1.82, 2.24) is 0 Å². The Balaban J connectivity index is 0. The van der Waals surface area contributed by atoms with E-state index in [0.29, 0.717) is 25.7 Å². The van der Waals surface area contributed by atoms with Crippen LogP contribution in [0.1, 0.15) is 123 Å². The van der Waals surface area contributed by atoms with Crippen LogP contribution >= 0.6 is 0 Å². The summed E-state index contributed by atoms with van der Waals surface area (Å²) < 4.78 is 34.4. The summed E-state index contributed by atoms with van der Waals surface area (Å²) in [5, 5.41) is 9.27. The summed E-state index contributed by atoms with van der Waals surface area (Å²) in [6, 6.07) is 0. The maximum atomic E-state index is 11.5. The molecule has 0 bridgehead atoms. The van der Waals surface area contributed by atoms with Crippen LogP contribution in [-0.4, -0.2) is 29.4 Å². The van der Waals surface area contributed by atoms with E-state index in [-0.39, 0.29) is 57.5 Å². The summed E-state index contributed by atoms with van der Waals surface area (Å²) in [7, 11) is -4.22. The summed E-state index contributed by atoms with van der Waals surface area (Å²) in [6.07, 6.45) is 16.3. The summed E-state index contributed by atoms with van der Waals surface area (Å²) in [6.45, 7) is 4.37. The molecule has 0 saturated carbocycles. The van der Waals surface area contributed by atoms with Crippen LogP contribution in [0.5, 0.6) is 0 Å². The summed E-state index contributed by atoms with van der Waals surface area (Å²) in [5.41, 5.74) is 0. The molecule has 6 heteroatoms. The molecule has 158 valence electrons. The smallest absolute Gasteiger partial charge is 0.748 e. The second-order valence-electron chi connectivity index (χ2n) is 7.81. The largest absolute Gasteiger partial charge is 1.00 e. The van der Waals surface area contributed by atoms with Gasteiger partial charge in [0, 0.05) is 5.25 Å². The average molecular weight is 431 g/mol. The van der Waals surface area contributed by atoms with Crippen LogP contribution < -0.4 is 51.4 Å². The molecule has 2 unspecified atom stereocenters. The first-order valence-electron chi connectivity index (χ1n) is 11.0. The molecule has 1 N–H and O–H groups in total. The van der Waals surface area contributed by atoms with Crippen LogP contribution in [0.3, 0.4) is 0 Å². The fraction of sp³-hybridized carbons (Fsp3) is 1.00. The topological polar surface area (TPSA) is 77.4 Å². The molecular formula is C21H43KO4S. The maximum Gasteiger partial charge on any atom is 1.00 e. The van der Waals surface area contributed by atoms with Gasteiger partial charge in [0.2, 0.25) is 0 Å². The van der Waals surface area contributed by atoms with Gasteiger partial charge < -0.3 is 9.66 Å². The standard InChI is InChI=1S/C21H44O4S.K/c1-3-5-7-9-11-13-16-20(22)17-15-19-21(26(23,24)25)18-14-12-10-8-6-4-2;/h20-22H,3-19H2,1-2H3,(H,23,24,25);/q;+1/p-1. The Morgan fingerprint density at radius 3 is 1.52 bits per heavy atom. The van der Waals surface area contributed by atoms with E-state index in [9.17, 15) is 18.1 Å². The van der Waals surface area contributed by atoms with Crippen LogP contribution in [0, 0.1) is 0 Å². The van der Waals surface area contributed by atoms with Gasteiger partial charge in [-0.25, -0.2) is 8.42 Å². The third-order valence-corrected chi connectivity index (χ3v) is 6.53. The molecule has 0 radical (unpaired) electrons. The predicted octanol–water partition coefficient (Wildman–Crippen LogP) is 2.94. The summed E-state index contributed by atoms with van der Waals surface area (Å²) in [4.78, 5) is 0. The van der Waals surface area contributed by atoms with E-state index in [1.165, 1.54) is 44.9 Å². The Morgan fingerprint density at radius 2 is 1.04 bits per heavy atom. The van der Waals surface area contributed by atoms with E-state index < -0.39 is 15.4 Å². The summed E-state index contributed by atoms with van der Waals surface area (Å²) >= 11 is 0. The zero-order valence-corrected chi connectivity index (χ0v) is 22.2. The molecule has 0 aromatic carbocycles. The molecule has 0 fully saturated rings. The average Bonchev–Trinajstić information content (AvgIpc) is 2.58. The molecule has 0 aliphatic carbocycles. The van der Waals surface area contributed by atoms with E-state index in [4.69, 9.17) is 0 Å². The third kappa shape index (κ3) is 20.6. The van der Waals surface area contributed by atoms with Gasteiger partial charge in [0.15, 0.2) is 0 Å². The molecule has 0 aliphatic rings. The first-order chi connectivity index (χ1) is 12.4. The van der Waals surface area contributed by atoms with Crippen molar-refractivity contribution in [3.8, 4) is 0 Å². The fourth-order valence-electron chi connectivity index (χ4n) is 3.47. The van der Waals surface area contributed by atoms with Gasteiger partial charge in [-0.05, 0) is 32.1 Å². The van der Waals surface area contributed by atoms with Gasteiger partial charge in [0.05, 0.1) is 16.2 Å². The molecule has 0 aromatic rings. The van der Waals surface area contributed by atoms with Crippen molar-refractivity contribution in [2.45, 2.75) is 134 Å². The Bertz CT molecular complexity index is 401. The molecule has 27 heavy (non-hydrogen) atoms. The van der Waals surface area contributed by atoms with Crippen molar-refractivity contribution in [3.05, 3.63) is 0 Å². The monoisotopic (exact) mass is 430 g/mol. The van der Waals surface area contributed by atoms with Crippen molar-refractivity contribution in [3.63, 3.8) is 0 Å². The van der Waals surface area contributed by atoms with E-state index in [1.54, 1.807) is 0 Å². The number of hydrogen-bond donors (Lipinski definition) is 1. The molecule has 0 heterocycles. The van der Waals surface area contributed by atoms with Gasteiger partial charge in [-0.2, -0.15) is 0 Å². The molecule has 0 spiro atoms. The second-order valence-corrected chi connectivity index (χ2v) is 9.46. The number of hydrogen-bond acceptors (Lipinski definition) is 4. The normalized spacial score (nSPS) is 13.9. The van der Waals surface area contributed by atoms with Crippen molar-refractivity contribution < 1.29 is 69.5 Å². The Labute approximate surface area is 211 Å². The molecule has 4 nitrogen and oxygen atoms in total. The summed E-state index contributed by atoms with van der Waals surface area (Å²) in [5.74, 6) is 0. The fourth-order valence-corrected chi connectivity index (χ4v) is 4.38. The number of rotatable bonds is 19. The maximum absolute atomic E-state index is 11.5. The Morgan fingerprint density at radius 1 is 0.667 bits per heavy atom. The number of unbranched alkanes of at least 4 members (excludes halogenated alkanes) is 10. The number of aliphatic hydroxyl groups is 1. The predicted molar refractivity (Wildman–Crippen MR) is 109 cm³/mol. The first kappa shape index (κ1) is 30.7. The van der Waals surface area contributed by atoms with Gasteiger partial charge >= 0.3 is 51.4 Å². The zero-order chi connectivity index (χ0) is 19.7. The van der Waals surface area contributed by atoms with Crippen molar-refractivity contribution in [2.75, 3.05) is 0 Å². The minimum atomic E-state index is -4.22. The van der Waals surface area contributed by atoms with Crippen molar-refractivity contribution in [1.29, 1.82) is 0 Å². The van der Waals surface area contributed by atoms with Crippen molar-refractivity contribution in [2.24, 2.45) is 0 Å². The third-order valence-electron chi connectivity index (χ3n) is 5.24. The first-order valence-corrected chi connectivity index (χ1v) is 12.5. The minimum Gasteiger partial charge on any atom is -0.748 e. The molecule has 0 saturated heterocycles. The minimum absolute atomic E-state index is 0. The van der Waals surface area contributed by atoms with E-state index in [0.717, 1.165) is 38.5 Å². The van der Waals surface area contributed by atoms with E-state index >= 15 is 0 Å². The molecule has 2 atom stereocenters.